The fourth-order valence-corrected chi connectivity index (χ4v) is 4.66. The van der Waals surface area contributed by atoms with Crippen LogP contribution in [0.2, 0.25) is 0 Å². The quantitative estimate of drug-likeness (QED) is 0.822. The Morgan fingerprint density at radius 3 is 2.94 bits per heavy atom. The van der Waals surface area contributed by atoms with Crippen molar-refractivity contribution in [3.63, 3.8) is 0 Å². The Morgan fingerprint density at radius 2 is 2.35 bits per heavy atom. The molecule has 3 rings (SSSR count). The monoisotopic (exact) mass is 311 g/mol. The van der Waals surface area contributed by atoms with Crippen molar-refractivity contribution in [2.24, 2.45) is 17.8 Å². The summed E-state index contributed by atoms with van der Waals surface area (Å²) in [4.78, 5) is 1.42. The molecule has 1 aromatic heterocycles. The molecule has 4 unspecified atom stereocenters. The van der Waals surface area contributed by atoms with Crippen LogP contribution in [0, 0.1) is 17.8 Å². The minimum atomic E-state index is 0.635. The van der Waals surface area contributed by atoms with E-state index in [9.17, 15) is 0 Å². The minimum absolute atomic E-state index is 0.635. The van der Waals surface area contributed by atoms with Crippen LogP contribution in [0.25, 0.3) is 0 Å². The maximum absolute atomic E-state index is 3.69. The summed E-state index contributed by atoms with van der Waals surface area (Å²) in [6, 6.07) is 2.85. The second-order valence-electron chi connectivity index (χ2n) is 5.34. The second kappa shape index (κ2) is 4.87. The van der Waals surface area contributed by atoms with Crippen molar-refractivity contribution in [3.8, 4) is 0 Å². The van der Waals surface area contributed by atoms with Crippen molar-refractivity contribution in [2.45, 2.75) is 32.4 Å². The standard InChI is InChI=1S/C14H18BrNS/c1-9(14-5-10-2-3-11(14)4-10)16-7-13-6-12(15)8-17-13/h2-3,6,8-11,14,16H,4-5,7H2,1H3. The van der Waals surface area contributed by atoms with Crippen molar-refractivity contribution in [2.75, 3.05) is 0 Å². The molecule has 1 nitrogen and oxygen atoms in total. The molecule has 0 aliphatic heterocycles. The predicted octanol–water partition coefficient (Wildman–Crippen LogP) is 4.20. The zero-order valence-electron chi connectivity index (χ0n) is 10.0. The molecule has 1 aromatic rings. The molecule has 1 saturated carbocycles. The fourth-order valence-electron chi connectivity index (χ4n) is 3.26. The van der Waals surface area contributed by atoms with Crippen LogP contribution in [0.15, 0.2) is 28.1 Å². The molecule has 0 saturated heterocycles. The third-order valence-electron chi connectivity index (χ3n) is 4.19. The number of rotatable bonds is 4. The van der Waals surface area contributed by atoms with E-state index in [1.165, 1.54) is 22.2 Å². The van der Waals surface area contributed by atoms with Gasteiger partial charge in [0.05, 0.1) is 0 Å². The zero-order chi connectivity index (χ0) is 11.8. The molecule has 3 heteroatoms. The molecule has 1 heterocycles. The van der Waals surface area contributed by atoms with Gasteiger partial charge in [-0.05, 0) is 59.5 Å². The first-order chi connectivity index (χ1) is 8.22. The SMILES string of the molecule is CC(NCc1cc(Br)cs1)C1CC2C=CC1C2. The number of halogens is 1. The van der Waals surface area contributed by atoms with E-state index in [4.69, 9.17) is 0 Å². The van der Waals surface area contributed by atoms with Crippen molar-refractivity contribution in [3.05, 3.63) is 32.9 Å². The normalized spacial score (nSPS) is 32.2. The largest absolute Gasteiger partial charge is 0.309 e. The molecule has 0 amide bonds. The fraction of sp³-hybridized carbons (Fsp3) is 0.571. The van der Waals surface area contributed by atoms with E-state index >= 15 is 0 Å². The van der Waals surface area contributed by atoms with Gasteiger partial charge >= 0.3 is 0 Å². The average Bonchev–Trinajstić information content (AvgIpc) is 3.01. The van der Waals surface area contributed by atoms with Crippen LogP contribution in [-0.4, -0.2) is 6.04 Å². The van der Waals surface area contributed by atoms with Crippen LogP contribution in [0.4, 0.5) is 0 Å². The molecule has 0 radical (unpaired) electrons. The van der Waals surface area contributed by atoms with E-state index in [1.807, 2.05) is 11.3 Å². The summed E-state index contributed by atoms with van der Waals surface area (Å²) in [5, 5.41) is 5.85. The first-order valence-corrected chi connectivity index (χ1v) is 8.04. The van der Waals surface area contributed by atoms with Crippen LogP contribution in [0.5, 0.6) is 0 Å². The van der Waals surface area contributed by atoms with Gasteiger partial charge in [-0.25, -0.2) is 0 Å². The highest BCUT2D eigenvalue weighted by Gasteiger charge is 2.38. The Bertz CT molecular complexity index is 426. The number of fused-ring (bicyclic) bond motifs is 2. The lowest BCUT2D eigenvalue weighted by Crippen LogP contribution is -2.34. The lowest BCUT2D eigenvalue weighted by atomic mass is 9.87. The highest BCUT2D eigenvalue weighted by Crippen LogP contribution is 2.44. The van der Waals surface area contributed by atoms with E-state index in [2.05, 4.69) is 51.8 Å². The number of hydrogen-bond acceptors (Lipinski definition) is 2. The molecule has 92 valence electrons. The smallest absolute Gasteiger partial charge is 0.0302 e. The molecule has 0 aromatic carbocycles. The first-order valence-electron chi connectivity index (χ1n) is 6.37. The van der Waals surface area contributed by atoms with Gasteiger partial charge in [-0.2, -0.15) is 0 Å². The summed E-state index contributed by atoms with van der Waals surface area (Å²) in [6.07, 6.45) is 7.66. The van der Waals surface area contributed by atoms with Gasteiger partial charge in [0.2, 0.25) is 0 Å². The highest BCUT2D eigenvalue weighted by atomic mass is 79.9. The topological polar surface area (TPSA) is 12.0 Å². The average molecular weight is 312 g/mol. The third kappa shape index (κ3) is 2.51. The highest BCUT2D eigenvalue weighted by molar-refractivity contribution is 9.10. The van der Waals surface area contributed by atoms with Gasteiger partial charge in [0.25, 0.3) is 0 Å². The van der Waals surface area contributed by atoms with Gasteiger partial charge in [0.1, 0.15) is 0 Å². The van der Waals surface area contributed by atoms with Gasteiger partial charge < -0.3 is 5.32 Å². The summed E-state index contributed by atoms with van der Waals surface area (Å²) in [6.45, 7) is 3.36. The van der Waals surface area contributed by atoms with E-state index in [0.717, 1.165) is 24.3 Å². The molecular formula is C14H18BrNS. The van der Waals surface area contributed by atoms with Gasteiger partial charge in [0.15, 0.2) is 0 Å². The number of hydrogen-bond donors (Lipinski definition) is 1. The molecule has 1 fully saturated rings. The maximum Gasteiger partial charge on any atom is 0.0302 e. The number of nitrogens with one attached hydrogen (secondary N) is 1. The summed E-state index contributed by atoms with van der Waals surface area (Å²) in [5.74, 6) is 2.58. The Hall–Kier alpha value is -0.120. The Morgan fingerprint density at radius 1 is 1.47 bits per heavy atom. The van der Waals surface area contributed by atoms with E-state index in [1.54, 1.807) is 0 Å². The molecule has 2 aliphatic carbocycles. The van der Waals surface area contributed by atoms with Crippen molar-refractivity contribution in [1.82, 2.24) is 5.32 Å². The lowest BCUT2D eigenvalue weighted by Gasteiger charge is -2.26. The number of thiophene rings is 1. The maximum atomic E-state index is 3.69. The summed E-state index contributed by atoms with van der Waals surface area (Å²) >= 11 is 5.33. The Labute approximate surface area is 115 Å². The third-order valence-corrected chi connectivity index (χ3v) is 5.89. The van der Waals surface area contributed by atoms with Gasteiger partial charge in [-0.1, -0.05) is 12.2 Å². The molecule has 2 aliphatic rings. The molecule has 2 bridgehead atoms. The van der Waals surface area contributed by atoms with Crippen molar-refractivity contribution >= 4 is 27.3 Å². The summed E-state index contributed by atoms with van der Waals surface area (Å²) < 4.78 is 1.20. The van der Waals surface area contributed by atoms with E-state index < -0.39 is 0 Å². The second-order valence-corrected chi connectivity index (χ2v) is 7.26. The summed E-state index contributed by atoms with van der Waals surface area (Å²) in [7, 11) is 0. The summed E-state index contributed by atoms with van der Waals surface area (Å²) in [5.41, 5.74) is 0. The van der Waals surface area contributed by atoms with E-state index in [0.29, 0.717) is 6.04 Å². The first kappa shape index (κ1) is 11.9. The predicted molar refractivity (Wildman–Crippen MR) is 77.2 cm³/mol. The molecule has 17 heavy (non-hydrogen) atoms. The van der Waals surface area contributed by atoms with Crippen LogP contribution in [0.1, 0.15) is 24.6 Å². The molecule has 4 atom stereocenters. The minimum Gasteiger partial charge on any atom is -0.309 e. The van der Waals surface area contributed by atoms with Gasteiger partial charge in [-0.15, -0.1) is 11.3 Å². The van der Waals surface area contributed by atoms with Crippen LogP contribution < -0.4 is 5.32 Å². The van der Waals surface area contributed by atoms with Crippen LogP contribution >= 0.6 is 27.3 Å². The zero-order valence-corrected chi connectivity index (χ0v) is 12.4. The molecular weight excluding hydrogens is 294 g/mol. The molecule has 1 N–H and O–H groups in total. The number of allylic oxidation sites excluding steroid dienone is 2. The van der Waals surface area contributed by atoms with Crippen molar-refractivity contribution < 1.29 is 0 Å². The van der Waals surface area contributed by atoms with Crippen LogP contribution in [0.3, 0.4) is 0 Å². The Balaban J connectivity index is 1.54. The molecule has 0 spiro atoms. The Kier molecular flexibility index (Phi) is 3.42. The lowest BCUT2D eigenvalue weighted by molar-refractivity contribution is 0.327. The van der Waals surface area contributed by atoms with Gasteiger partial charge in [-0.3, -0.25) is 0 Å². The van der Waals surface area contributed by atoms with E-state index in [-0.39, 0.29) is 0 Å². The van der Waals surface area contributed by atoms with Crippen LogP contribution in [-0.2, 0) is 6.54 Å². The van der Waals surface area contributed by atoms with Gasteiger partial charge in [0, 0.05) is 27.3 Å². The van der Waals surface area contributed by atoms with Crippen molar-refractivity contribution in [1.29, 1.82) is 0 Å².